The molecule has 0 heterocycles. The average Bonchev–Trinajstić information content (AvgIpc) is 2.46. The molecule has 2 aromatic rings. The Hall–Kier alpha value is -1.90. The molecular formula is C18H21F2N. The molecule has 21 heavy (non-hydrogen) atoms. The predicted octanol–water partition coefficient (Wildman–Crippen LogP) is 5.48. The van der Waals surface area contributed by atoms with Crippen LogP contribution in [-0.4, -0.2) is 0 Å². The van der Waals surface area contributed by atoms with Crippen molar-refractivity contribution in [3.05, 3.63) is 65.2 Å². The van der Waals surface area contributed by atoms with Gasteiger partial charge in [-0.3, -0.25) is 0 Å². The van der Waals surface area contributed by atoms with Gasteiger partial charge in [-0.1, -0.05) is 31.5 Å². The Bertz CT molecular complexity index is 578. The van der Waals surface area contributed by atoms with Crippen molar-refractivity contribution in [2.75, 3.05) is 5.32 Å². The van der Waals surface area contributed by atoms with Gasteiger partial charge in [0.1, 0.15) is 11.6 Å². The molecule has 0 spiro atoms. The first-order chi connectivity index (χ1) is 10.1. The van der Waals surface area contributed by atoms with Gasteiger partial charge in [0, 0.05) is 17.3 Å². The van der Waals surface area contributed by atoms with Crippen molar-refractivity contribution < 1.29 is 8.78 Å². The fourth-order valence-corrected chi connectivity index (χ4v) is 2.33. The highest BCUT2D eigenvalue weighted by molar-refractivity contribution is 5.46. The largest absolute Gasteiger partial charge is 0.378 e. The zero-order chi connectivity index (χ0) is 15.2. The van der Waals surface area contributed by atoms with Crippen molar-refractivity contribution in [2.45, 2.75) is 39.2 Å². The second-order valence-corrected chi connectivity index (χ2v) is 5.33. The summed E-state index contributed by atoms with van der Waals surface area (Å²) in [5.74, 6) is -1.07. The van der Waals surface area contributed by atoms with E-state index in [-0.39, 0.29) is 6.04 Å². The van der Waals surface area contributed by atoms with Crippen molar-refractivity contribution in [2.24, 2.45) is 0 Å². The van der Waals surface area contributed by atoms with E-state index in [4.69, 9.17) is 0 Å². The van der Waals surface area contributed by atoms with Crippen molar-refractivity contribution in [1.29, 1.82) is 0 Å². The lowest BCUT2D eigenvalue weighted by Gasteiger charge is -2.16. The van der Waals surface area contributed by atoms with E-state index in [0.717, 1.165) is 18.2 Å². The Balaban J connectivity index is 2.03. The van der Waals surface area contributed by atoms with Crippen LogP contribution in [0.1, 0.15) is 43.9 Å². The molecule has 112 valence electrons. The van der Waals surface area contributed by atoms with Gasteiger partial charge in [-0.15, -0.1) is 0 Å². The molecule has 0 saturated carbocycles. The molecule has 1 N–H and O–H groups in total. The van der Waals surface area contributed by atoms with E-state index in [1.165, 1.54) is 30.5 Å². The highest BCUT2D eigenvalue weighted by Crippen LogP contribution is 2.22. The van der Waals surface area contributed by atoms with Crippen LogP contribution in [0.3, 0.4) is 0 Å². The fraction of sp³-hybridized carbons (Fsp3) is 0.333. The van der Waals surface area contributed by atoms with E-state index >= 15 is 0 Å². The second kappa shape index (κ2) is 7.21. The molecule has 3 heteroatoms. The highest BCUT2D eigenvalue weighted by Gasteiger charge is 2.11. The summed E-state index contributed by atoms with van der Waals surface area (Å²) in [5.41, 5.74) is 2.71. The van der Waals surface area contributed by atoms with E-state index in [1.807, 2.05) is 19.1 Å². The Morgan fingerprint density at radius 1 is 1.05 bits per heavy atom. The number of halogens is 2. The molecule has 0 amide bonds. The fourth-order valence-electron chi connectivity index (χ4n) is 2.33. The summed E-state index contributed by atoms with van der Waals surface area (Å²) in [5, 5.41) is 3.24. The molecule has 1 atom stereocenters. The summed E-state index contributed by atoms with van der Waals surface area (Å²) in [7, 11) is 0. The van der Waals surface area contributed by atoms with E-state index in [2.05, 4.69) is 24.4 Å². The lowest BCUT2D eigenvalue weighted by molar-refractivity contribution is 0.566. The molecule has 0 aromatic heterocycles. The summed E-state index contributed by atoms with van der Waals surface area (Å²) in [6, 6.07) is 11.7. The Morgan fingerprint density at radius 3 is 2.38 bits per heavy atom. The minimum Gasteiger partial charge on any atom is -0.378 e. The maximum Gasteiger partial charge on any atom is 0.131 e. The lowest BCUT2D eigenvalue weighted by Crippen LogP contribution is -2.08. The molecule has 0 fully saturated rings. The monoisotopic (exact) mass is 289 g/mol. The smallest absolute Gasteiger partial charge is 0.131 e. The Labute approximate surface area is 125 Å². The van der Waals surface area contributed by atoms with E-state index in [1.54, 1.807) is 0 Å². The predicted molar refractivity (Wildman–Crippen MR) is 83.4 cm³/mol. The SMILES string of the molecule is CCCCc1ccc(NC(C)c2ccc(F)cc2F)cc1. The molecular weight excluding hydrogens is 268 g/mol. The molecule has 0 saturated heterocycles. The zero-order valence-corrected chi connectivity index (χ0v) is 12.5. The Morgan fingerprint density at radius 2 is 1.76 bits per heavy atom. The number of hydrogen-bond acceptors (Lipinski definition) is 1. The lowest BCUT2D eigenvalue weighted by atomic mass is 10.1. The third-order valence-corrected chi connectivity index (χ3v) is 3.59. The van der Waals surface area contributed by atoms with Gasteiger partial charge in [0.25, 0.3) is 0 Å². The first kappa shape index (κ1) is 15.5. The van der Waals surface area contributed by atoms with Crippen molar-refractivity contribution >= 4 is 5.69 Å². The van der Waals surface area contributed by atoms with Crippen LogP contribution in [-0.2, 0) is 6.42 Å². The molecule has 0 aliphatic heterocycles. The number of benzene rings is 2. The Kier molecular flexibility index (Phi) is 5.32. The van der Waals surface area contributed by atoms with Crippen LogP contribution < -0.4 is 5.32 Å². The molecule has 0 bridgehead atoms. The van der Waals surface area contributed by atoms with E-state index in [9.17, 15) is 8.78 Å². The molecule has 0 aliphatic rings. The molecule has 0 radical (unpaired) electrons. The maximum absolute atomic E-state index is 13.7. The van der Waals surface area contributed by atoms with Crippen LogP contribution >= 0.6 is 0 Å². The van der Waals surface area contributed by atoms with Crippen LogP contribution in [0, 0.1) is 11.6 Å². The van der Waals surface area contributed by atoms with Crippen LogP contribution in [0.15, 0.2) is 42.5 Å². The van der Waals surface area contributed by atoms with Crippen LogP contribution in [0.2, 0.25) is 0 Å². The summed E-state index contributed by atoms with van der Waals surface area (Å²) in [6.45, 7) is 4.04. The van der Waals surface area contributed by atoms with Gasteiger partial charge in [-0.25, -0.2) is 8.78 Å². The first-order valence-corrected chi connectivity index (χ1v) is 7.40. The quantitative estimate of drug-likeness (QED) is 0.742. The van der Waals surface area contributed by atoms with Crippen molar-refractivity contribution in [3.8, 4) is 0 Å². The van der Waals surface area contributed by atoms with Crippen molar-refractivity contribution in [1.82, 2.24) is 0 Å². The average molecular weight is 289 g/mol. The minimum absolute atomic E-state index is 0.216. The third kappa shape index (κ3) is 4.28. The zero-order valence-electron chi connectivity index (χ0n) is 12.5. The van der Waals surface area contributed by atoms with Gasteiger partial charge in [0.2, 0.25) is 0 Å². The normalized spacial score (nSPS) is 12.2. The van der Waals surface area contributed by atoms with Gasteiger partial charge in [-0.05, 0) is 43.5 Å². The molecule has 1 unspecified atom stereocenters. The first-order valence-electron chi connectivity index (χ1n) is 7.40. The van der Waals surface area contributed by atoms with E-state index < -0.39 is 11.6 Å². The minimum atomic E-state index is -0.552. The highest BCUT2D eigenvalue weighted by atomic mass is 19.1. The van der Waals surface area contributed by atoms with Crippen molar-refractivity contribution in [3.63, 3.8) is 0 Å². The van der Waals surface area contributed by atoms with Crippen LogP contribution in [0.5, 0.6) is 0 Å². The summed E-state index contributed by atoms with van der Waals surface area (Å²) in [4.78, 5) is 0. The number of nitrogens with one attached hydrogen (secondary N) is 1. The topological polar surface area (TPSA) is 12.0 Å². The van der Waals surface area contributed by atoms with Gasteiger partial charge in [0.05, 0.1) is 6.04 Å². The number of rotatable bonds is 6. The van der Waals surface area contributed by atoms with Gasteiger partial charge < -0.3 is 5.32 Å². The molecule has 0 aliphatic carbocycles. The van der Waals surface area contributed by atoms with Gasteiger partial charge in [-0.2, -0.15) is 0 Å². The standard InChI is InChI=1S/C18H21F2N/c1-3-4-5-14-6-9-16(10-7-14)21-13(2)17-11-8-15(19)12-18(17)20/h6-13,21H,3-5H2,1-2H3. The number of anilines is 1. The number of hydrogen-bond donors (Lipinski definition) is 1. The molecule has 1 nitrogen and oxygen atoms in total. The summed E-state index contributed by atoms with van der Waals surface area (Å²) in [6.07, 6.45) is 3.45. The molecule has 2 aromatic carbocycles. The number of aryl methyl sites for hydroxylation is 1. The maximum atomic E-state index is 13.7. The summed E-state index contributed by atoms with van der Waals surface area (Å²) < 4.78 is 26.7. The molecule has 2 rings (SSSR count). The third-order valence-electron chi connectivity index (χ3n) is 3.59. The number of unbranched alkanes of at least 4 members (excludes halogenated alkanes) is 1. The van der Waals surface area contributed by atoms with Gasteiger partial charge in [0.15, 0.2) is 0 Å². The van der Waals surface area contributed by atoms with Gasteiger partial charge >= 0.3 is 0 Å². The van der Waals surface area contributed by atoms with Crippen LogP contribution in [0.4, 0.5) is 14.5 Å². The van der Waals surface area contributed by atoms with E-state index in [0.29, 0.717) is 5.56 Å². The second-order valence-electron chi connectivity index (χ2n) is 5.33. The summed E-state index contributed by atoms with van der Waals surface area (Å²) >= 11 is 0. The van der Waals surface area contributed by atoms with Crippen LogP contribution in [0.25, 0.3) is 0 Å².